The Bertz CT molecular complexity index is 738. The number of piperazine rings is 2. The lowest BCUT2D eigenvalue weighted by atomic mass is 10.2. The van der Waals surface area contributed by atoms with Crippen molar-refractivity contribution in [1.82, 2.24) is 19.4 Å². The second-order valence-electron chi connectivity index (χ2n) is 7.13. The van der Waals surface area contributed by atoms with Crippen LogP contribution >= 0.6 is 24.8 Å². The number of rotatable bonds is 4. The minimum Gasteiger partial charge on any atom is -0.336 e. The smallest absolute Gasteiger partial charge is 0.243 e. The van der Waals surface area contributed by atoms with E-state index in [-0.39, 0.29) is 36.8 Å². The number of amides is 1. The van der Waals surface area contributed by atoms with E-state index in [1.165, 1.54) is 4.31 Å². The number of carbonyl (C=O) groups excluding carboxylic acids is 1. The van der Waals surface area contributed by atoms with E-state index < -0.39 is 10.0 Å². The van der Waals surface area contributed by atoms with Gasteiger partial charge in [-0.05, 0) is 26.0 Å². The number of aryl methyl sites for hydroxylation is 1. The summed E-state index contributed by atoms with van der Waals surface area (Å²) in [6.45, 7) is 8.74. The molecule has 1 aromatic carbocycles. The molecular formula is C18H30Cl2N4O3S. The molecule has 0 radical (unpaired) electrons. The summed E-state index contributed by atoms with van der Waals surface area (Å²) in [5, 5.41) is 3.28. The molecule has 3 rings (SSSR count). The first-order chi connectivity index (χ1) is 12.4. The normalized spacial score (nSPS) is 21.5. The molecule has 2 heterocycles. The van der Waals surface area contributed by atoms with Gasteiger partial charge in [0.15, 0.2) is 0 Å². The fourth-order valence-electron chi connectivity index (χ4n) is 3.48. The maximum Gasteiger partial charge on any atom is 0.243 e. The van der Waals surface area contributed by atoms with Crippen molar-refractivity contribution >= 4 is 40.7 Å². The Morgan fingerprint density at radius 3 is 2.25 bits per heavy atom. The summed E-state index contributed by atoms with van der Waals surface area (Å²) in [6.07, 6.45) is 0. The number of nitrogens with zero attached hydrogens (tertiary/aromatic N) is 3. The van der Waals surface area contributed by atoms with Crippen LogP contribution in [-0.2, 0) is 14.8 Å². The summed E-state index contributed by atoms with van der Waals surface area (Å²) >= 11 is 0. The lowest BCUT2D eigenvalue weighted by molar-refractivity contribution is -0.135. The predicted molar refractivity (Wildman–Crippen MR) is 115 cm³/mol. The molecule has 0 saturated carbocycles. The molecule has 1 aromatic rings. The van der Waals surface area contributed by atoms with Crippen LogP contribution in [0.15, 0.2) is 29.2 Å². The van der Waals surface area contributed by atoms with Crippen LogP contribution in [0.1, 0.15) is 12.5 Å². The minimum absolute atomic E-state index is 0. The number of benzene rings is 1. The van der Waals surface area contributed by atoms with E-state index in [0.29, 0.717) is 37.6 Å². The van der Waals surface area contributed by atoms with Gasteiger partial charge in [-0.3, -0.25) is 9.69 Å². The second-order valence-corrected chi connectivity index (χ2v) is 9.07. The van der Waals surface area contributed by atoms with Crippen LogP contribution in [0.25, 0.3) is 0 Å². The van der Waals surface area contributed by atoms with Crippen LogP contribution in [0.2, 0.25) is 0 Å². The zero-order valence-corrected chi connectivity index (χ0v) is 18.8. The van der Waals surface area contributed by atoms with Crippen LogP contribution in [-0.4, -0.2) is 86.8 Å². The molecule has 2 saturated heterocycles. The van der Waals surface area contributed by atoms with Gasteiger partial charge in [0.25, 0.3) is 0 Å². The molecule has 7 nitrogen and oxygen atoms in total. The highest BCUT2D eigenvalue weighted by Crippen LogP contribution is 2.18. The number of hydrogen-bond donors (Lipinski definition) is 1. The molecule has 2 fully saturated rings. The van der Waals surface area contributed by atoms with Crippen molar-refractivity contribution in [3.63, 3.8) is 0 Å². The third-order valence-electron chi connectivity index (χ3n) is 5.17. The summed E-state index contributed by atoms with van der Waals surface area (Å²) in [7, 11) is -3.46. The van der Waals surface area contributed by atoms with Crippen molar-refractivity contribution < 1.29 is 13.2 Å². The van der Waals surface area contributed by atoms with Crippen LogP contribution in [0.5, 0.6) is 0 Å². The Kier molecular flexibility index (Phi) is 9.66. The molecule has 10 heteroatoms. The first-order valence-electron chi connectivity index (χ1n) is 9.17. The molecular weight excluding hydrogens is 423 g/mol. The topological polar surface area (TPSA) is 73.0 Å². The number of carbonyl (C=O) groups is 1. The average molecular weight is 453 g/mol. The van der Waals surface area contributed by atoms with Crippen molar-refractivity contribution in [2.24, 2.45) is 0 Å². The van der Waals surface area contributed by atoms with Gasteiger partial charge < -0.3 is 10.2 Å². The summed E-state index contributed by atoms with van der Waals surface area (Å²) in [5.74, 6) is 0.133. The molecule has 1 N–H and O–H groups in total. The molecule has 2 aliphatic rings. The molecule has 0 aromatic heterocycles. The minimum atomic E-state index is -3.46. The zero-order valence-electron chi connectivity index (χ0n) is 16.3. The first-order valence-corrected chi connectivity index (χ1v) is 10.6. The van der Waals surface area contributed by atoms with Crippen molar-refractivity contribution in [3.05, 3.63) is 29.8 Å². The van der Waals surface area contributed by atoms with Gasteiger partial charge in [0.1, 0.15) is 0 Å². The van der Waals surface area contributed by atoms with E-state index in [1.807, 2.05) is 24.0 Å². The number of halogens is 2. The van der Waals surface area contributed by atoms with Crippen molar-refractivity contribution in [1.29, 1.82) is 0 Å². The lowest BCUT2D eigenvalue weighted by Gasteiger charge is -2.37. The number of hydrogen-bond acceptors (Lipinski definition) is 5. The van der Waals surface area contributed by atoms with Crippen molar-refractivity contribution in [2.75, 3.05) is 52.4 Å². The van der Waals surface area contributed by atoms with E-state index in [2.05, 4.69) is 17.1 Å². The van der Waals surface area contributed by atoms with E-state index >= 15 is 0 Å². The van der Waals surface area contributed by atoms with Gasteiger partial charge in [-0.25, -0.2) is 8.42 Å². The molecule has 2 aliphatic heterocycles. The number of sulfonamides is 1. The molecule has 1 atom stereocenters. The highest BCUT2D eigenvalue weighted by Gasteiger charge is 2.30. The Hall–Kier alpha value is -0.900. The lowest BCUT2D eigenvalue weighted by Crippen LogP contribution is -2.56. The number of nitrogens with one attached hydrogen (secondary N) is 1. The molecule has 0 bridgehead atoms. The summed E-state index contributed by atoms with van der Waals surface area (Å²) in [4.78, 5) is 16.8. The average Bonchev–Trinajstić information content (AvgIpc) is 2.63. The van der Waals surface area contributed by atoms with Gasteiger partial charge in [0, 0.05) is 51.9 Å². The van der Waals surface area contributed by atoms with Crippen LogP contribution in [0.3, 0.4) is 0 Å². The quantitative estimate of drug-likeness (QED) is 0.736. The van der Waals surface area contributed by atoms with Gasteiger partial charge >= 0.3 is 0 Å². The predicted octanol–water partition coefficient (Wildman–Crippen LogP) is 0.965. The fraction of sp³-hybridized carbons (Fsp3) is 0.611. The molecule has 160 valence electrons. The van der Waals surface area contributed by atoms with Gasteiger partial charge in [-0.1, -0.05) is 17.7 Å². The summed E-state index contributed by atoms with van der Waals surface area (Å²) < 4.78 is 27.0. The van der Waals surface area contributed by atoms with Crippen molar-refractivity contribution in [2.45, 2.75) is 24.8 Å². The van der Waals surface area contributed by atoms with Crippen LogP contribution < -0.4 is 5.32 Å². The third kappa shape index (κ3) is 5.81. The van der Waals surface area contributed by atoms with Gasteiger partial charge in [-0.2, -0.15) is 4.31 Å². The zero-order chi connectivity index (χ0) is 18.7. The van der Waals surface area contributed by atoms with Crippen LogP contribution in [0, 0.1) is 6.92 Å². The van der Waals surface area contributed by atoms with E-state index in [1.54, 1.807) is 12.1 Å². The summed E-state index contributed by atoms with van der Waals surface area (Å²) in [6, 6.07) is 7.16. The molecule has 0 aliphatic carbocycles. The van der Waals surface area contributed by atoms with Crippen molar-refractivity contribution in [3.8, 4) is 0 Å². The fourth-order valence-corrected chi connectivity index (χ4v) is 4.90. The highest BCUT2D eigenvalue weighted by molar-refractivity contribution is 7.89. The Morgan fingerprint density at radius 2 is 1.68 bits per heavy atom. The van der Waals surface area contributed by atoms with Gasteiger partial charge in [-0.15, -0.1) is 24.8 Å². The van der Waals surface area contributed by atoms with Gasteiger partial charge in [0.2, 0.25) is 15.9 Å². The second kappa shape index (κ2) is 10.8. The van der Waals surface area contributed by atoms with Gasteiger partial charge in [0.05, 0.1) is 11.4 Å². The van der Waals surface area contributed by atoms with E-state index in [0.717, 1.165) is 25.2 Å². The first kappa shape index (κ1) is 25.1. The molecule has 0 spiro atoms. The van der Waals surface area contributed by atoms with Crippen LogP contribution in [0.4, 0.5) is 0 Å². The van der Waals surface area contributed by atoms with E-state index in [9.17, 15) is 13.2 Å². The molecule has 28 heavy (non-hydrogen) atoms. The maximum atomic E-state index is 12.7. The Labute approximate surface area is 180 Å². The monoisotopic (exact) mass is 452 g/mol. The highest BCUT2D eigenvalue weighted by atomic mass is 35.5. The van der Waals surface area contributed by atoms with E-state index in [4.69, 9.17) is 0 Å². The molecule has 1 amide bonds. The Balaban J connectivity index is 0.00000196. The standard InChI is InChI=1S/C18H28N4O3S.2ClH/c1-15-3-5-17(6-4-15)26(24,25)21-11-9-20(10-12-21)14-18(23)22-8-7-19-13-16(22)2;;/h3-6,16,19H,7-14H2,1-2H3;2*1H/t16-;;/m0../s1. The third-order valence-corrected chi connectivity index (χ3v) is 7.08. The SMILES string of the molecule is Cc1ccc(S(=O)(=O)N2CCN(CC(=O)N3CCNC[C@@H]3C)CC2)cc1.Cl.Cl. The molecule has 0 unspecified atom stereocenters. The largest absolute Gasteiger partial charge is 0.336 e. The Morgan fingerprint density at radius 1 is 1.07 bits per heavy atom. The summed E-state index contributed by atoms with van der Waals surface area (Å²) in [5.41, 5.74) is 1.04. The maximum absolute atomic E-state index is 12.7.